The van der Waals surface area contributed by atoms with Crippen molar-refractivity contribution < 1.29 is 0 Å². The molecule has 3 N–H and O–H groups in total. The first-order chi connectivity index (χ1) is 9.41. The Labute approximate surface area is 121 Å². The van der Waals surface area contributed by atoms with Crippen molar-refractivity contribution in [2.45, 2.75) is 49.8 Å². The molecule has 0 saturated carbocycles. The smallest absolute Gasteiger partial charge is 0.344 e. The topological polar surface area (TPSA) is 102 Å². The van der Waals surface area contributed by atoms with Crippen molar-refractivity contribution in [3.8, 4) is 0 Å². The molecule has 0 aliphatic carbocycles. The van der Waals surface area contributed by atoms with Crippen LogP contribution in [0.1, 0.15) is 45.2 Å². The summed E-state index contributed by atoms with van der Waals surface area (Å²) >= 11 is 1.32. The van der Waals surface area contributed by atoms with Gasteiger partial charge in [0.2, 0.25) is 0 Å². The second-order valence-electron chi connectivity index (χ2n) is 5.01. The summed E-state index contributed by atoms with van der Waals surface area (Å²) in [5, 5.41) is 7.82. The predicted molar refractivity (Wildman–Crippen MR) is 77.9 cm³/mol. The molecule has 0 amide bonds. The average Bonchev–Trinajstić information content (AvgIpc) is 2.70. The van der Waals surface area contributed by atoms with Crippen LogP contribution in [0, 0.1) is 0 Å². The van der Waals surface area contributed by atoms with Crippen molar-refractivity contribution in [2.75, 3.05) is 5.73 Å². The molecule has 0 unspecified atom stereocenters. The van der Waals surface area contributed by atoms with Gasteiger partial charge in [-0.1, -0.05) is 13.8 Å². The van der Waals surface area contributed by atoms with Gasteiger partial charge in [0.05, 0.1) is 0 Å². The Balaban J connectivity index is 2.46. The Kier molecular flexibility index (Phi) is 4.12. The summed E-state index contributed by atoms with van der Waals surface area (Å²) in [6, 6.07) is 0.0189. The van der Waals surface area contributed by atoms with Crippen LogP contribution in [0.25, 0.3) is 0 Å². The van der Waals surface area contributed by atoms with Crippen molar-refractivity contribution in [1.82, 2.24) is 24.7 Å². The zero-order valence-electron chi connectivity index (χ0n) is 11.9. The monoisotopic (exact) mass is 294 g/mol. The molecular weight excluding hydrogens is 276 g/mol. The molecule has 2 rings (SSSR count). The number of nitrogens with two attached hydrogens (primary N) is 1. The van der Waals surface area contributed by atoms with E-state index in [1.807, 2.05) is 27.7 Å². The molecule has 0 atom stereocenters. The fraction of sp³-hybridized carbons (Fsp3) is 0.500. The fourth-order valence-corrected chi connectivity index (χ4v) is 3.13. The molecule has 2 heterocycles. The lowest BCUT2D eigenvalue weighted by molar-refractivity contribution is 0.533. The second kappa shape index (κ2) is 5.66. The summed E-state index contributed by atoms with van der Waals surface area (Å²) in [4.78, 5) is 20.0. The lowest BCUT2D eigenvalue weighted by atomic mass is 10.1. The molecule has 2 aromatic rings. The largest absolute Gasteiger partial charge is 0.383 e. The van der Waals surface area contributed by atoms with E-state index in [-0.39, 0.29) is 17.6 Å². The highest BCUT2D eigenvalue weighted by Gasteiger charge is 2.18. The van der Waals surface area contributed by atoms with Crippen molar-refractivity contribution in [2.24, 2.45) is 0 Å². The van der Waals surface area contributed by atoms with Crippen LogP contribution in [-0.2, 0) is 0 Å². The van der Waals surface area contributed by atoms with Gasteiger partial charge >= 0.3 is 5.69 Å². The predicted octanol–water partition coefficient (Wildman–Crippen LogP) is 1.80. The quantitative estimate of drug-likeness (QED) is 0.833. The number of hydrogen-bond acceptors (Lipinski definition) is 6. The van der Waals surface area contributed by atoms with Gasteiger partial charge < -0.3 is 5.73 Å². The molecule has 0 radical (unpaired) electrons. The van der Waals surface area contributed by atoms with E-state index >= 15 is 0 Å². The maximum atomic E-state index is 11.7. The number of hydrogen-bond donors (Lipinski definition) is 2. The first-order valence-electron chi connectivity index (χ1n) is 6.37. The normalized spacial score (nSPS) is 11.5. The molecule has 0 aliphatic rings. The molecule has 0 aromatic carbocycles. The molecular formula is C12H18N6OS. The molecule has 0 fully saturated rings. The Morgan fingerprint density at radius 2 is 2.00 bits per heavy atom. The second-order valence-corrected chi connectivity index (χ2v) is 5.97. The highest BCUT2D eigenvalue weighted by atomic mass is 32.2. The Morgan fingerprint density at radius 3 is 2.60 bits per heavy atom. The molecule has 20 heavy (non-hydrogen) atoms. The van der Waals surface area contributed by atoms with Gasteiger partial charge in [0.1, 0.15) is 17.2 Å². The van der Waals surface area contributed by atoms with Crippen LogP contribution in [0.5, 0.6) is 0 Å². The van der Waals surface area contributed by atoms with Crippen LogP contribution in [0.15, 0.2) is 21.3 Å². The molecule has 0 bridgehead atoms. The third-order valence-corrected chi connectivity index (χ3v) is 3.82. The molecule has 0 saturated heterocycles. The van der Waals surface area contributed by atoms with E-state index < -0.39 is 0 Å². The summed E-state index contributed by atoms with van der Waals surface area (Å²) in [5.41, 5.74) is 6.57. The Hall–Kier alpha value is -1.83. The lowest BCUT2D eigenvalue weighted by Gasteiger charge is -2.13. The van der Waals surface area contributed by atoms with Crippen molar-refractivity contribution in [3.05, 3.63) is 22.4 Å². The van der Waals surface area contributed by atoms with Gasteiger partial charge in [-0.2, -0.15) is 0 Å². The number of aromatic nitrogens is 5. The van der Waals surface area contributed by atoms with E-state index in [1.165, 1.54) is 18.1 Å². The average molecular weight is 294 g/mol. The molecule has 0 spiro atoms. The summed E-state index contributed by atoms with van der Waals surface area (Å²) in [6.45, 7) is 7.91. The highest BCUT2D eigenvalue weighted by molar-refractivity contribution is 7.99. The molecule has 8 heteroatoms. The standard InChI is InChI=1S/C12H18N6OS/c1-6(2)8-9(13)14-5-15-10(8)20-12-17-16-11(19)18(12)7(3)4/h5-7H,1-4H3,(H,16,19)(H2,13,14,15). The maximum Gasteiger partial charge on any atom is 0.344 e. The molecule has 0 aliphatic heterocycles. The number of nitrogen functional groups attached to an aromatic ring is 1. The number of aromatic amines is 1. The molecule has 108 valence electrons. The van der Waals surface area contributed by atoms with Gasteiger partial charge in [0, 0.05) is 11.6 Å². The molecule has 7 nitrogen and oxygen atoms in total. The lowest BCUT2D eigenvalue weighted by Crippen LogP contribution is -2.19. The SMILES string of the molecule is CC(C)c1c(N)ncnc1Sc1n[nH]c(=O)n1C(C)C. The Bertz CT molecular complexity index is 660. The molecule has 2 aromatic heterocycles. The number of rotatable bonds is 4. The summed E-state index contributed by atoms with van der Waals surface area (Å²) in [6.07, 6.45) is 1.42. The van der Waals surface area contributed by atoms with E-state index in [1.54, 1.807) is 4.57 Å². The van der Waals surface area contributed by atoms with Gasteiger partial charge in [0.25, 0.3) is 0 Å². The van der Waals surface area contributed by atoms with E-state index in [0.717, 1.165) is 10.6 Å². The zero-order chi connectivity index (χ0) is 14.9. The van der Waals surface area contributed by atoms with E-state index in [9.17, 15) is 4.79 Å². The van der Waals surface area contributed by atoms with Crippen LogP contribution in [0.3, 0.4) is 0 Å². The number of anilines is 1. The van der Waals surface area contributed by atoms with Crippen LogP contribution < -0.4 is 11.4 Å². The number of H-pyrrole nitrogens is 1. The third-order valence-electron chi connectivity index (χ3n) is 2.83. The van der Waals surface area contributed by atoms with E-state index in [4.69, 9.17) is 5.73 Å². The van der Waals surface area contributed by atoms with Crippen molar-refractivity contribution in [3.63, 3.8) is 0 Å². The van der Waals surface area contributed by atoms with Gasteiger partial charge in [-0.3, -0.25) is 4.57 Å². The van der Waals surface area contributed by atoms with Crippen LogP contribution in [-0.4, -0.2) is 24.7 Å². The summed E-state index contributed by atoms with van der Waals surface area (Å²) in [5.74, 6) is 0.656. The minimum Gasteiger partial charge on any atom is -0.383 e. The van der Waals surface area contributed by atoms with Crippen LogP contribution in [0.2, 0.25) is 0 Å². The zero-order valence-corrected chi connectivity index (χ0v) is 12.7. The number of nitrogens with zero attached hydrogens (tertiary/aromatic N) is 4. The Morgan fingerprint density at radius 1 is 1.30 bits per heavy atom. The van der Waals surface area contributed by atoms with Crippen molar-refractivity contribution >= 4 is 17.6 Å². The van der Waals surface area contributed by atoms with Gasteiger partial charge in [-0.25, -0.2) is 19.9 Å². The van der Waals surface area contributed by atoms with Crippen LogP contribution >= 0.6 is 11.8 Å². The first kappa shape index (κ1) is 14.6. The van der Waals surface area contributed by atoms with E-state index in [0.29, 0.717) is 11.0 Å². The minimum atomic E-state index is -0.226. The maximum absolute atomic E-state index is 11.7. The summed E-state index contributed by atoms with van der Waals surface area (Å²) in [7, 11) is 0. The van der Waals surface area contributed by atoms with E-state index in [2.05, 4.69) is 20.2 Å². The third kappa shape index (κ3) is 2.69. The van der Waals surface area contributed by atoms with Gasteiger partial charge in [0.15, 0.2) is 5.16 Å². The summed E-state index contributed by atoms with van der Waals surface area (Å²) < 4.78 is 1.59. The number of nitrogens with one attached hydrogen (secondary N) is 1. The van der Waals surface area contributed by atoms with Crippen LogP contribution in [0.4, 0.5) is 5.82 Å². The van der Waals surface area contributed by atoms with Gasteiger partial charge in [-0.15, -0.1) is 5.10 Å². The highest BCUT2D eigenvalue weighted by Crippen LogP contribution is 2.33. The first-order valence-corrected chi connectivity index (χ1v) is 7.18. The van der Waals surface area contributed by atoms with Crippen molar-refractivity contribution in [1.29, 1.82) is 0 Å². The fourth-order valence-electron chi connectivity index (χ4n) is 1.92. The minimum absolute atomic E-state index is 0.0189. The van der Waals surface area contributed by atoms with Gasteiger partial charge in [-0.05, 0) is 31.5 Å².